The molecule has 2 aromatic heterocycles. The van der Waals surface area contributed by atoms with E-state index in [9.17, 15) is 0 Å². The molecule has 0 spiro atoms. The molecule has 12 aromatic rings. The van der Waals surface area contributed by atoms with Gasteiger partial charge in [0.05, 0.1) is 16.6 Å². The molecule has 0 N–H and O–H groups in total. The Balaban J connectivity index is 1.09. The molecular weight excluding hydrogens is 773 g/mol. The van der Waals surface area contributed by atoms with E-state index in [1.54, 1.807) is 0 Å². The van der Waals surface area contributed by atoms with Crippen molar-refractivity contribution in [3.63, 3.8) is 0 Å². The Kier molecular flexibility index (Phi) is 9.20. The summed E-state index contributed by atoms with van der Waals surface area (Å²) in [5.41, 5.74) is 20.1. The minimum absolute atomic E-state index is 1.12. The first-order valence-corrected chi connectivity index (χ1v) is 22.0. The number of hydrogen-bond acceptors (Lipinski definition) is 0. The lowest BCUT2D eigenvalue weighted by Crippen LogP contribution is -1.96. The van der Waals surface area contributed by atoms with E-state index >= 15 is 0 Å². The smallest absolute Gasteiger partial charge is 0.0635 e. The topological polar surface area (TPSA) is 9.86 Å². The molecule has 0 aliphatic carbocycles. The monoisotopic (exact) mass is 814 g/mol. The summed E-state index contributed by atoms with van der Waals surface area (Å²) in [4.78, 5) is 0. The number of fused-ring (bicyclic) bond motifs is 5. The van der Waals surface area contributed by atoms with Crippen LogP contribution in [0.3, 0.4) is 0 Å². The summed E-state index contributed by atoms with van der Waals surface area (Å²) < 4.78 is 4.85. The van der Waals surface area contributed by atoms with E-state index in [0.717, 1.165) is 16.9 Å². The maximum atomic E-state index is 2.49. The molecule has 0 amide bonds. The van der Waals surface area contributed by atoms with Crippen LogP contribution in [0.1, 0.15) is 0 Å². The van der Waals surface area contributed by atoms with Crippen LogP contribution in [-0.2, 0) is 0 Å². The molecule has 0 radical (unpaired) electrons. The highest BCUT2D eigenvalue weighted by Crippen LogP contribution is 2.42. The van der Waals surface area contributed by atoms with Crippen LogP contribution in [0, 0.1) is 0 Å². The Bertz CT molecular complexity index is 3510. The predicted molar refractivity (Wildman–Crippen MR) is 270 cm³/mol. The van der Waals surface area contributed by atoms with Gasteiger partial charge in [-0.1, -0.05) is 176 Å². The number of hydrogen-bond donors (Lipinski definition) is 0. The third kappa shape index (κ3) is 6.70. The van der Waals surface area contributed by atoms with Gasteiger partial charge in [0.2, 0.25) is 0 Å². The van der Waals surface area contributed by atoms with Crippen LogP contribution in [0.4, 0.5) is 0 Å². The van der Waals surface area contributed by atoms with Gasteiger partial charge in [-0.05, 0) is 140 Å². The van der Waals surface area contributed by atoms with Crippen LogP contribution < -0.4 is 0 Å². The lowest BCUT2D eigenvalue weighted by molar-refractivity contribution is 1.13. The van der Waals surface area contributed by atoms with E-state index in [0.29, 0.717) is 0 Å². The molecule has 0 saturated heterocycles. The zero-order valence-electron chi connectivity index (χ0n) is 35.1. The standard InChI is InChI=1S/C62H42N2/c1-6-17-43(18-7-1)48-27-16-28-55(39-48)64-61-31-29-49(52-36-50(44-19-8-2-9-20-44)35-51(37-52)45-21-10-3-11-22-45)42-59(61)57-30-32-60-58(62(57)64)33-34-63(60)56-40-53(46-23-12-4-13-24-46)38-54(41-56)47-25-14-5-15-26-47/h1-42H. The van der Waals surface area contributed by atoms with Gasteiger partial charge >= 0.3 is 0 Å². The van der Waals surface area contributed by atoms with E-state index < -0.39 is 0 Å². The maximum Gasteiger partial charge on any atom is 0.0635 e. The number of aromatic nitrogens is 2. The lowest BCUT2D eigenvalue weighted by Gasteiger charge is -2.14. The summed E-state index contributed by atoms with van der Waals surface area (Å²) in [5, 5.41) is 3.64. The van der Waals surface area contributed by atoms with Gasteiger partial charge in [-0.3, -0.25) is 0 Å². The second-order valence-electron chi connectivity index (χ2n) is 16.6. The highest BCUT2D eigenvalue weighted by atomic mass is 15.0. The van der Waals surface area contributed by atoms with Crippen LogP contribution in [0.25, 0.3) is 111 Å². The fourth-order valence-electron chi connectivity index (χ4n) is 9.59. The van der Waals surface area contributed by atoms with Crippen molar-refractivity contribution in [2.45, 2.75) is 0 Å². The van der Waals surface area contributed by atoms with E-state index in [1.165, 1.54) is 94.0 Å². The number of rotatable bonds is 8. The Hall–Kier alpha value is -8.46. The molecule has 0 atom stereocenters. The van der Waals surface area contributed by atoms with Gasteiger partial charge in [0.1, 0.15) is 0 Å². The Morgan fingerprint density at radius 1 is 0.219 bits per heavy atom. The van der Waals surface area contributed by atoms with Crippen molar-refractivity contribution in [3.8, 4) is 78.1 Å². The van der Waals surface area contributed by atoms with Gasteiger partial charge in [0, 0.05) is 33.7 Å². The molecule has 0 aliphatic rings. The van der Waals surface area contributed by atoms with Crippen molar-refractivity contribution in [2.75, 3.05) is 0 Å². The zero-order chi connectivity index (χ0) is 42.4. The average molecular weight is 815 g/mol. The van der Waals surface area contributed by atoms with E-state index in [1.807, 2.05) is 0 Å². The van der Waals surface area contributed by atoms with E-state index in [2.05, 4.69) is 264 Å². The molecule has 0 saturated carbocycles. The molecule has 300 valence electrons. The van der Waals surface area contributed by atoms with E-state index in [4.69, 9.17) is 0 Å². The van der Waals surface area contributed by atoms with Crippen molar-refractivity contribution in [1.29, 1.82) is 0 Å². The summed E-state index contributed by atoms with van der Waals surface area (Å²) in [6.07, 6.45) is 2.25. The first kappa shape index (κ1) is 37.3. The maximum absolute atomic E-state index is 2.49. The number of nitrogens with zero attached hydrogens (tertiary/aromatic N) is 2. The van der Waals surface area contributed by atoms with Crippen molar-refractivity contribution >= 4 is 32.7 Å². The minimum atomic E-state index is 1.12. The van der Waals surface area contributed by atoms with Gasteiger partial charge in [-0.25, -0.2) is 0 Å². The van der Waals surface area contributed by atoms with Crippen molar-refractivity contribution in [2.24, 2.45) is 0 Å². The predicted octanol–water partition coefficient (Wildman–Crippen LogP) is 16.7. The summed E-state index contributed by atoms with van der Waals surface area (Å²) in [7, 11) is 0. The Morgan fingerprint density at radius 3 is 1.14 bits per heavy atom. The highest BCUT2D eigenvalue weighted by molar-refractivity contribution is 6.19. The second kappa shape index (κ2) is 15.8. The van der Waals surface area contributed by atoms with E-state index in [-0.39, 0.29) is 0 Å². The first-order chi connectivity index (χ1) is 31.7. The molecule has 2 nitrogen and oxygen atoms in total. The van der Waals surface area contributed by atoms with Crippen LogP contribution in [0.2, 0.25) is 0 Å². The summed E-state index contributed by atoms with van der Waals surface area (Å²) in [5.74, 6) is 0. The molecule has 10 aromatic carbocycles. The molecule has 2 heterocycles. The summed E-state index contributed by atoms with van der Waals surface area (Å²) in [6, 6.07) is 90.5. The molecule has 2 heteroatoms. The third-order valence-electron chi connectivity index (χ3n) is 12.7. The van der Waals surface area contributed by atoms with Crippen molar-refractivity contribution in [3.05, 3.63) is 255 Å². The van der Waals surface area contributed by atoms with Gasteiger partial charge < -0.3 is 9.13 Å². The van der Waals surface area contributed by atoms with Crippen LogP contribution >= 0.6 is 0 Å². The van der Waals surface area contributed by atoms with Gasteiger partial charge in [-0.15, -0.1) is 0 Å². The summed E-state index contributed by atoms with van der Waals surface area (Å²) in [6.45, 7) is 0. The van der Waals surface area contributed by atoms with Gasteiger partial charge in [0.25, 0.3) is 0 Å². The summed E-state index contributed by atoms with van der Waals surface area (Å²) >= 11 is 0. The van der Waals surface area contributed by atoms with Crippen molar-refractivity contribution < 1.29 is 0 Å². The second-order valence-corrected chi connectivity index (χ2v) is 16.6. The highest BCUT2D eigenvalue weighted by Gasteiger charge is 2.20. The van der Waals surface area contributed by atoms with Crippen LogP contribution in [0.5, 0.6) is 0 Å². The number of benzene rings is 10. The lowest BCUT2D eigenvalue weighted by atomic mass is 9.93. The molecule has 0 unspecified atom stereocenters. The average Bonchev–Trinajstić information content (AvgIpc) is 3.97. The fourth-order valence-corrected chi connectivity index (χ4v) is 9.59. The van der Waals surface area contributed by atoms with Crippen LogP contribution in [-0.4, -0.2) is 9.13 Å². The Morgan fingerprint density at radius 2 is 0.625 bits per heavy atom. The molecule has 0 bridgehead atoms. The normalized spacial score (nSPS) is 11.4. The SMILES string of the molecule is c1ccc(-c2cc(-c3ccccc3)cc(-c3ccc4c(c3)c3ccc5c(ccn5-c5cc(-c6ccccc6)cc(-c6ccccc6)c5)c3n4-c3cccc(-c4ccccc4)c3)c2)cc1. The molecular formula is C62H42N2. The van der Waals surface area contributed by atoms with Gasteiger partial charge in [-0.2, -0.15) is 0 Å². The third-order valence-corrected chi connectivity index (χ3v) is 12.7. The molecule has 12 rings (SSSR count). The largest absolute Gasteiger partial charge is 0.316 e. The molecule has 0 aliphatic heterocycles. The molecule has 0 fully saturated rings. The quantitative estimate of drug-likeness (QED) is 0.145. The van der Waals surface area contributed by atoms with Crippen LogP contribution in [0.15, 0.2) is 255 Å². The first-order valence-electron chi connectivity index (χ1n) is 22.0. The molecule has 64 heavy (non-hydrogen) atoms. The van der Waals surface area contributed by atoms with Gasteiger partial charge in [0.15, 0.2) is 0 Å². The Labute approximate surface area is 373 Å². The zero-order valence-corrected chi connectivity index (χ0v) is 35.1. The van der Waals surface area contributed by atoms with Crippen molar-refractivity contribution in [1.82, 2.24) is 9.13 Å². The fraction of sp³-hybridized carbons (Fsp3) is 0. The minimum Gasteiger partial charge on any atom is -0.316 e.